The van der Waals surface area contributed by atoms with E-state index in [0.29, 0.717) is 0 Å². The molecule has 0 atom stereocenters. The van der Waals surface area contributed by atoms with Crippen molar-refractivity contribution in [3.05, 3.63) is 0 Å². The van der Waals surface area contributed by atoms with Crippen LogP contribution in [-0.4, -0.2) is 11.3 Å². The zero-order valence-corrected chi connectivity index (χ0v) is 6.23. The number of nitriles is 1. The standard InChI is InChI=1S/C6H8N2OS/c7-3-4-1-5(2-4)9-6(8)10/h4-5H,1-2H2,(H2,8,10)/t4-,5+. The Bertz CT molecular complexity index is 181. The minimum absolute atomic E-state index is 0.0846. The molecule has 0 bridgehead atoms. The Morgan fingerprint density at radius 2 is 2.30 bits per heavy atom. The van der Waals surface area contributed by atoms with Crippen molar-refractivity contribution in [1.82, 2.24) is 0 Å². The van der Waals surface area contributed by atoms with Crippen molar-refractivity contribution < 1.29 is 4.74 Å². The predicted molar refractivity (Wildman–Crippen MR) is 40.0 cm³/mol. The summed E-state index contributed by atoms with van der Waals surface area (Å²) in [6.07, 6.45) is 1.64. The Kier molecular flexibility index (Phi) is 2.07. The molecule has 1 aliphatic rings. The number of nitrogens with zero attached hydrogens (tertiary/aromatic N) is 1. The lowest BCUT2D eigenvalue weighted by atomic mass is 9.84. The number of nitrogens with two attached hydrogens (primary N) is 1. The van der Waals surface area contributed by atoms with Crippen LogP contribution in [0.2, 0.25) is 0 Å². The molecule has 0 radical (unpaired) electrons. The highest BCUT2D eigenvalue weighted by Gasteiger charge is 2.30. The third kappa shape index (κ3) is 1.58. The Morgan fingerprint density at radius 3 is 2.70 bits per heavy atom. The number of thiocarbonyl (C=S) groups is 1. The van der Waals surface area contributed by atoms with Gasteiger partial charge in [-0.15, -0.1) is 0 Å². The molecule has 1 fully saturated rings. The molecule has 0 saturated heterocycles. The third-order valence-corrected chi connectivity index (χ3v) is 1.66. The monoisotopic (exact) mass is 156 g/mol. The number of ether oxygens (including phenoxy) is 1. The fourth-order valence-electron chi connectivity index (χ4n) is 0.932. The van der Waals surface area contributed by atoms with E-state index in [1.54, 1.807) is 0 Å². The first-order valence-corrected chi connectivity index (χ1v) is 3.49. The second kappa shape index (κ2) is 2.84. The molecular weight excluding hydrogens is 148 g/mol. The van der Waals surface area contributed by atoms with Gasteiger partial charge < -0.3 is 10.5 Å². The van der Waals surface area contributed by atoms with Crippen LogP contribution in [0.25, 0.3) is 0 Å². The normalized spacial score (nSPS) is 29.9. The van der Waals surface area contributed by atoms with Gasteiger partial charge >= 0.3 is 0 Å². The van der Waals surface area contributed by atoms with Crippen molar-refractivity contribution in [3.8, 4) is 6.07 Å². The molecule has 0 aromatic rings. The topological polar surface area (TPSA) is 59.0 Å². The average Bonchev–Trinajstić information content (AvgIpc) is 1.76. The van der Waals surface area contributed by atoms with Crippen molar-refractivity contribution in [2.45, 2.75) is 18.9 Å². The summed E-state index contributed by atoms with van der Waals surface area (Å²) in [6, 6.07) is 2.14. The molecule has 1 saturated carbocycles. The molecule has 1 rings (SSSR count). The van der Waals surface area contributed by atoms with Crippen LogP contribution < -0.4 is 5.73 Å². The van der Waals surface area contributed by atoms with E-state index in [2.05, 4.69) is 18.3 Å². The molecule has 3 nitrogen and oxygen atoms in total. The first-order valence-electron chi connectivity index (χ1n) is 3.08. The van der Waals surface area contributed by atoms with Gasteiger partial charge in [-0.05, 0) is 12.2 Å². The van der Waals surface area contributed by atoms with Crippen LogP contribution in [0.3, 0.4) is 0 Å². The molecule has 1 aliphatic carbocycles. The maximum Gasteiger partial charge on any atom is 0.254 e. The van der Waals surface area contributed by atoms with Crippen molar-refractivity contribution >= 4 is 17.4 Å². The second-order valence-electron chi connectivity index (χ2n) is 2.36. The van der Waals surface area contributed by atoms with E-state index in [-0.39, 0.29) is 17.2 Å². The minimum atomic E-state index is 0.0846. The van der Waals surface area contributed by atoms with Gasteiger partial charge in [-0.2, -0.15) is 5.26 Å². The summed E-state index contributed by atoms with van der Waals surface area (Å²) in [4.78, 5) is 0. The van der Waals surface area contributed by atoms with E-state index in [9.17, 15) is 0 Å². The largest absolute Gasteiger partial charge is 0.468 e. The summed E-state index contributed by atoms with van der Waals surface area (Å²) in [5, 5.41) is 8.45. The lowest BCUT2D eigenvalue weighted by Crippen LogP contribution is -2.34. The van der Waals surface area contributed by atoms with Gasteiger partial charge in [0.25, 0.3) is 5.17 Å². The average molecular weight is 156 g/mol. The molecule has 0 spiro atoms. The lowest BCUT2D eigenvalue weighted by Gasteiger charge is -2.29. The molecule has 0 aromatic heterocycles. The number of hydrogen-bond acceptors (Lipinski definition) is 3. The van der Waals surface area contributed by atoms with Crippen LogP contribution in [-0.2, 0) is 4.74 Å². The van der Waals surface area contributed by atoms with Crippen LogP contribution in [0.1, 0.15) is 12.8 Å². The van der Waals surface area contributed by atoms with Crippen LogP contribution in [0.15, 0.2) is 0 Å². The summed E-state index contributed by atoms with van der Waals surface area (Å²) in [6.45, 7) is 0. The van der Waals surface area contributed by atoms with E-state index in [4.69, 9.17) is 15.7 Å². The second-order valence-corrected chi connectivity index (χ2v) is 2.76. The Hall–Kier alpha value is -0.820. The van der Waals surface area contributed by atoms with E-state index >= 15 is 0 Å². The first kappa shape index (κ1) is 7.29. The van der Waals surface area contributed by atoms with Crippen molar-refractivity contribution in [3.63, 3.8) is 0 Å². The van der Waals surface area contributed by atoms with Gasteiger partial charge in [0, 0.05) is 12.8 Å². The molecule has 4 heteroatoms. The van der Waals surface area contributed by atoms with Gasteiger partial charge in [0.15, 0.2) is 0 Å². The van der Waals surface area contributed by atoms with Crippen LogP contribution in [0.5, 0.6) is 0 Å². The van der Waals surface area contributed by atoms with Gasteiger partial charge in [0.05, 0.1) is 12.0 Å². The van der Waals surface area contributed by atoms with Crippen molar-refractivity contribution in [2.24, 2.45) is 11.7 Å². The highest BCUT2D eigenvalue weighted by molar-refractivity contribution is 7.80. The van der Waals surface area contributed by atoms with Gasteiger partial charge in [0.2, 0.25) is 0 Å². The first-order chi connectivity index (χ1) is 4.72. The lowest BCUT2D eigenvalue weighted by molar-refractivity contribution is 0.0800. The molecule has 54 valence electrons. The minimum Gasteiger partial charge on any atom is -0.468 e. The van der Waals surface area contributed by atoms with Crippen molar-refractivity contribution in [1.29, 1.82) is 5.26 Å². The summed E-state index contributed by atoms with van der Waals surface area (Å²) in [5.74, 6) is 0.152. The summed E-state index contributed by atoms with van der Waals surface area (Å²) in [5.41, 5.74) is 5.12. The maximum absolute atomic E-state index is 8.37. The molecule has 0 unspecified atom stereocenters. The smallest absolute Gasteiger partial charge is 0.254 e. The summed E-state index contributed by atoms with van der Waals surface area (Å²) in [7, 11) is 0. The van der Waals surface area contributed by atoms with Crippen LogP contribution in [0.4, 0.5) is 0 Å². The highest BCUT2D eigenvalue weighted by Crippen LogP contribution is 2.28. The van der Waals surface area contributed by atoms with E-state index < -0.39 is 0 Å². The van der Waals surface area contributed by atoms with E-state index in [0.717, 1.165) is 12.8 Å². The Morgan fingerprint density at radius 1 is 1.70 bits per heavy atom. The van der Waals surface area contributed by atoms with E-state index in [1.807, 2.05) is 0 Å². The summed E-state index contributed by atoms with van der Waals surface area (Å²) >= 11 is 4.52. The van der Waals surface area contributed by atoms with Gasteiger partial charge in [-0.3, -0.25) is 0 Å². The maximum atomic E-state index is 8.37. The van der Waals surface area contributed by atoms with Crippen LogP contribution >= 0.6 is 12.2 Å². The van der Waals surface area contributed by atoms with E-state index in [1.165, 1.54) is 0 Å². The molecule has 0 aromatic carbocycles. The molecule has 0 heterocycles. The quantitative estimate of drug-likeness (QED) is 0.563. The molecule has 2 N–H and O–H groups in total. The van der Waals surface area contributed by atoms with Gasteiger partial charge in [-0.1, -0.05) is 0 Å². The van der Waals surface area contributed by atoms with Crippen molar-refractivity contribution in [2.75, 3.05) is 0 Å². The zero-order valence-electron chi connectivity index (χ0n) is 5.41. The molecule has 0 amide bonds. The number of hydrogen-bond donors (Lipinski definition) is 1. The third-order valence-electron chi connectivity index (χ3n) is 1.56. The fourth-order valence-corrected chi connectivity index (χ4v) is 1.07. The molecular formula is C6H8N2OS. The summed E-state index contributed by atoms with van der Waals surface area (Å²) < 4.78 is 4.98. The fraction of sp³-hybridized carbons (Fsp3) is 0.667. The molecule has 10 heavy (non-hydrogen) atoms. The zero-order chi connectivity index (χ0) is 7.56. The molecule has 0 aliphatic heterocycles. The SMILES string of the molecule is N#C[C@H]1C[C@@H](OC(N)=S)C1. The Balaban J connectivity index is 2.16. The van der Waals surface area contributed by atoms with Gasteiger partial charge in [-0.25, -0.2) is 0 Å². The Labute approximate surface area is 64.8 Å². The number of rotatable bonds is 1. The highest BCUT2D eigenvalue weighted by atomic mass is 32.1. The van der Waals surface area contributed by atoms with Crippen LogP contribution in [0, 0.1) is 17.2 Å². The van der Waals surface area contributed by atoms with Gasteiger partial charge in [0.1, 0.15) is 6.10 Å². The predicted octanol–water partition coefficient (Wildman–Crippen LogP) is 0.549.